The number of hydrogen-bond donors (Lipinski definition) is 1. The molecule has 0 radical (unpaired) electrons. The van der Waals surface area contributed by atoms with Crippen LogP contribution in [0.1, 0.15) is 38.9 Å². The van der Waals surface area contributed by atoms with Gasteiger partial charge in [0.1, 0.15) is 5.82 Å². The Morgan fingerprint density at radius 3 is 2.29 bits per heavy atom. The molecule has 0 saturated carbocycles. The van der Waals surface area contributed by atoms with Crippen LogP contribution in [-0.2, 0) is 4.74 Å². The van der Waals surface area contributed by atoms with Crippen molar-refractivity contribution in [1.82, 2.24) is 5.32 Å². The molecule has 1 aromatic carbocycles. The van der Waals surface area contributed by atoms with Crippen molar-refractivity contribution in [2.24, 2.45) is 0 Å². The van der Waals surface area contributed by atoms with Crippen LogP contribution >= 0.6 is 0 Å². The van der Waals surface area contributed by atoms with Crippen molar-refractivity contribution < 1.29 is 22.3 Å². The zero-order chi connectivity index (χ0) is 16.1. The highest BCUT2D eigenvalue weighted by Gasteiger charge is 2.28. The third kappa shape index (κ3) is 7.43. The van der Waals surface area contributed by atoms with Crippen LogP contribution in [0.2, 0.25) is 0 Å². The molecule has 1 rings (SSSR count). The Hall–Kier alpha value is -1.14. The third-order valence-corrected chi connectivity index (χ3v) is 2.77. The van der Waals surface area contributed by atoms with Gasteiger partial charge in [-0.3, -0.25) is 0 Å². The topological polar surface area (TPSA) is 21.3 Å². The first-order valence-electron chi connectivity index (χ1n) is 6.76. The molecule has 0 heterocycles. The molecule has 1 unspecified atom stereocenters. The molecule has 6 heteroatoms. The predicted molar refractivity (Wildman–Crippen MR) is 73.5 cm³/mol. The zero-order valence-electron chi connectivity index (χ0n) is 12.4. The van der Waals surface area contributed by atoms with Crippen LogP contribution in [0.25, 0.3) is 0 Å². The number of hydrogen-bond acceptors (Lipinski definition) is 2. The summed E-state index contributed by atoms with van der Waals surface area (Å²) in [6.45, 7) is 5.50. The van der Waals surface area contributed by atoms with Crippen LogP contribution < -0.4 is 5.32 Å². The van der Waals surface area contributed by atoms with E-state index in [9.17, 15) is 17.6 Å². The Kier molecular flexibility index (Phi) is 6.16. The van der Waals surface area contributed by atoms with Crippen LogP contribution in [0.3, 0.4) is 0 Å². The maximum absolute atomic E-state index is 13.8. The summed E-state index contributed by atoms with van der Waals surface area (Å²) in [6, 6.07) is 5.96. The molecule has 0 saturated heterocycles. The lowest BCUT2D eigenvalue weighted by Gasteiger charge is -2.26. The second-order valence-corrected chi connectivity index (χ2v) is 5.88. The number of ether oxygens (including phenoxy) is 1. The van der Waals surface area contributed by atoms with Crippen LogP contribution in [0, 0.1) is 5.82 Å². The number of benzene rings is 1. The Bertz CT molecular complexity index is 440. The number of rotatable bonds is 6. The summed E-state index contributed by atoms with van der Waals surface area (Å²) in [5.74, 6) is -0.481. The number of alkyl halides is 3. The van der Waals surface area contributed by atoms with Gasteiger partial charge in [-0.05, 0) is 26.8 Å². The maximum atomic E-state index is 13.8. The lowest BCUT2D eigenvalue weighted by molar-refractivity contribution is -0.149. The van der Waals surface area contributed by atoms with Crippen molar-refractivity contribution in [3.05, 3.63) is 35.6 Å². The lowest BCUT2D eigenvalue weighted by atomic mass is 10.1. The van der Waals surface area contributed by atoms with E-state index >= 15 is 0 Å². The summed E-state index contributed by atoms with van der Waals surface area (Å²) in [7, 11) is 0. The molecule has 120 valence electrons. The van der Waals surface area contributed by atoms with Gasteiger partial charge >= 0.3 is 6.18 Å². The molecule has 2 nitrogen and oxygen atoms in total. The Labute approximate surface area is 122 Å². The van der Waals surface area contributed by atoms with Gasteiger partial charge in [0, 0.05) is 17.6 Å². The van der Waals surface area contributed by atoms with Gasteiger partial charge < -0.3 is 10.1 Å². The number of halogens is 4. The molecule has 0 amide bonds. The zero-order valence-corrected chi connectivity index (χ0v) is 12.4. The van der Waals surface area contributed by atoms with E-state index in [1.165, 1.54) is 18.2 Å². The van der Waals surface area contributed by atoms with Crippen LogP contribution in [0.5, 0.6) is 0 Å². The SMILES string of the molecule is CC(C)(C)NCC(OCCC(F)(F)F)c1ccccc1F. The highest BCUT2D eigenvalue weighted by atomic mass is 19.4. The predicted octanol–water partition coefficient (Wildman–Crippen LogP) is 4.22. The highest BCUT2D eigenvalue weighted by Crippen LogP contribution is 2.24. The largest absolute Gasteiger partial charge is 0.391 e. The summed E-state index contributed by atoms with van der Waals surface area (Å²) in [6.07, 6.45) is -6.09. The Morgan fingerprint density at radius 1 is 1.14 bits per heavy atom. The molecular weight excluding hydrogens is 286 g/mol. The van der Waals surface area contributed by atoms with Crippen molar-refractivity contribution in [1.29, 1.82) is 0 Å². The minimum Gasteiger partial charge on any atom is -0.372 e. The lowest BCUT2D eigenvalue weighted by Crippen LogP contribution is -2.39. The molecule has 0 aliphatic carbocycles. The minimum atomic E-state index is -4.28. The Morgan fingerprint density at radius 2 is 1.76 bits per heavy atom. The van der Waals surface area contributed by atoms with Crippen molar-refractivity contribution in [2.75, 3.05) is 13.2 Å². The Balaban J connectivity index is 2.73. The molecule has 0 aliphatic rings. The smallest absolute Gasteiger partial charge is 0.372 e. The van der Waals surface area contributed by atoms with Gasteiger partial charge in [0.05, 0.1) is 19.1 Å². The van der Waals surface area contributed by atoms with Gasteiger partial charge in [0.2, 0.25) is 0 Å². The van der Waals surface area contributed by atoms with E-state index in [1.807, 2.05) is 20.8 Å². The van der Waals surface area contributed by atoms with E-state index < -0.39 is 31.1 Å². The molecule has 0 fully saturated rings. The van der Waals surface area contributed by atoms with Crippen molar-refractivity contribution in [2.45, 2.75) is 45.0 Å². The molecule has 0 bridgehead atoms. The fraction of sp³-hybridized carbons (Fsp3) is 0.600. The van der Waals surface area contributed by atoms with Crippen molar-refractivity contribution >= 4 is 0 Å². The molecule has 1 aromatic rings. The van der Waals surface area contributed by atoms with E-state index in [1.54, 1.807) is 6.07 Å². The second-order valence-electron chi connectivity index (χ2n) is 5.88. The fourth-order valence-electron chi connectivity index (χ4n) is 1.71. The quantitative estimate of drug-likeness (QED) is 0.794. The third-order valence-electron chi connectivity index (χ3n) is 2.77. The minimum absolute atomic E-state index is 0.238. The molecular formula is C15H21F4NO. The van der Waals surface area contributed by atoms with Crippen molar-refractivity contribution in [3.8, 4) is 0 Å². The van der Waals surface area contributed by atoms with Gasteiger partial charge in [0.15, 0.2) is 0 Å². The van der Waals surface area contributed by atoms with E-state index in [-0.39, 0.29) is 17.6 Å². The second kappa shape index (κ2) is 7.22. The highest BCUT2D eigenvalue weighted by molar-refractivity contribution is 5.20. The standard InChI is InChI=1S/C15H21F4NO/c1-14(2,3)20-10-13(21-9-8-15(17,18)19)11-6-4-5-7-12(11)16/h4-7,13,20H,8-10H2,1-3H3. The maximum Gasteiger partial charge on any atom is 0.391 e. The number of nitrogens with one attached hydrogen (secondary N) is 1. The normalized spacial score (nSPS) is 14.2. The fourth-order valence-corrected chi connectivity index (χ4v) is 1.71. The van der Waals surface area contributed by atoms with Crippen LogP contribution in [0.4, 0.5) is 17.6 Å². The molecule has 0 spiro atoms. The molecule has 1 atom stereocenters. The molecule has 1 N–H and O–H groups in total. The van der Waals surface area contributed by atoms with E-state index in [0.717, 1.165) is 0 Å². The van der Waals surface area contributed by atoms with Gasteiger partial charge in [-0.25, -0.2) is 4.39 Å². The first kappa shape index (κ1) is 17.9. The van der Waals surface area contributed by atoms with Gasteiger partial charge in [-0.2, -0.15) is 13.2 Å². The summed E-state index contributed by atoms with van der Waals surface area (Å²) < 4.78 is 55.6. The summed E-state index contributed by atoms with van der Waals surface area (Å²) in [5.41, 5.74) is 0.0214. The summed E-state index contributed by atoms with van der Waals surface area (Å²) in [5, 5.41) is 3.12. The van der Waals surface area contributed by atoms with Gasteiger partial charge in [0.25, 0.3) is 0 Å². The van der Waals surface area contributed by atoms with Crippen LogP contribution in [0.15, 0.2) is 24.3 Å². The monoisotopic (exact) mass is 307 g/mol. The van der Waals surface area contributed by atoms with E-state index in [0.29, 0.717) is 0 Å². The summed E-state index contributed by atoms with van der Waals surface area (Å²) >= 11 is 0. The van der Waals surface area contributed by atoms with Crippen molar-refractivity contribution in [3.63, 3.8) is 0 Å². The molecule has 0 aromatic heterocycles. The van der Waals surface area contributed by atoms with Gasteiger partial charge in [-0.1, -0.05) is 18.2 Å². The average molecular weight is 307 g/mol. The average Bonchev–Trinajstić information content (AvgIpc) is 2.32. The van der Waals surface area contributed by atoms with E-state index in [4.69, 9.17) is 4.74 Å². The first-order valence-corrected chi connectivity index (χ1v) is 6.76. The van der Waals surface area contributed by atoms with Crippen LogP contribution in [-0.4, -0.2) is 24.9 Å². The van der Waals surface area contributed by atoms with Gasteiger partial charge in [-0.15, -0.1) is 0 Å². The summed E-state index contributed by atoms with van der Waals surface area (Å²) in [4.78, 5) is 0. The molecule has 0 aliphatic heterocycles. The molecule has 21 heavy (non-hydrogen) atoms. The first-order chi connectivity index (χ1) is 9.58. The van der Waals surface area contributed by atoms with E-state index in [2.05, 4.69) is 5.32 Å².